The molecule has 1 aromatic rings. The zero-order chi connectivity index (χ0) is 19.0. The van der Waals surface area contributed by atoms with Crippen molar-refractivity contribution < 1.29 is 9.53 Å². The number of nitrogens with zero attached hydrogens (tertiary/aromatic N) is 3. The van der Waals surface area contributed by atoms with E-state index in [2.05, 4.69) is 43.0 Å². The Morgan fingerprint density at radius 2 is 1.85 bits per heavy atom. The molecular formula is C21H32N4O2. The first-order chi connectivity index (χ1) is 13.0. The van der Waals surface area contributed by atoms with Gasteiger partial charge in [-0.3, -0.25) is 9.80 Å². The van der Waals surface area contributed by atoms with Gasteiger partial charge in [-0.2, -0.15) is 0 Å². The van der Waals surface area contributed by atoms with Crippen LogP contribution < -0.4 is 10.6 Å². The second kappa shape index (κ2) is 7.41. The molecule has 3 aliphatic rings. The van der Waals surface area contributed by atoms with Crippen LogP contribution in [0.1, 0.15) is 32.3 Å². The maximum atomic E-state index is 12.7. The lowest BCUT2D eigenvalue weighted by Crippen LogP contribution is -2.38. The number of nitrogens with two attached hydrogens (primary N) is 1. The van der Waals surface area contributed by atoms with Crippen LogP contribution in [-0.4, -0.2) is 73.9 Å². The fourth-order valence-electron chi connectivity index (χ4n) is 4.48. The summed E-state index contributed by atoms with van der Waals surface area (Å²) in [5.41, 5.74) is 8.57. The predicted molar refractivity (Wildman–Crippen MR) is 107 cm³/mol. The molecule has 1 aromatic carbocycles. The maximum absolute atomic E-state index is 12.7. The van der Waals surface area contributed by atoms with E-state index in [4.69, 9.17) is 10.5 Å². The average Bonchev–Trinajstić information content (AvgIpc) is 3.21. The van der Waals surface area contributed by atoms with Gasteiger partial charge in [-0.05, 0) is 42.5 Å². The number of carbonyl (C=O) groups excluding carboxylic acids is 1. The number of carbonyl (C=O) groups is 1. The van der Waals surface area contributed by atoms with Crippen LogP contribution in [-0.2, 0) is 10.2 Å². The Balaban J connectivity index is 1.40. The molecule has 3 heterocycles. The second-order valence-electron chi connectivity index (χ2n) is 8.74. The minimum absolute atomic E-state index is 0.104. The van der Waals surface area contributed by atoms with Crippen LogP contribution in [0.15, 0.2) is 24.3 Å². The Hall–Kier alpha value is -1.63. The monoisotopic (exact) mass is 372 g/mol. The summed E-state index contributed by atoms with van der Waals surface area (Å²) in [4.78, 5) is 19.0. The Morgan fingerprint density at radius 1 is 1.15 bits per heavy atom. The third-order valence-corrected chi connectivity index (χ3v) is 6.56. The summed E-state index contributed by atoms with van der Waals surface area (Å²) in [5, 5.41) is 0. The molecule has 0 radical (unpaired) electrons. The third-order valence-electron chi connectivity index (χ3n) is 6.56. The van der Waals surface area contributed by atoms with Gasteiger partial charge in [0.25, 0.3) is 0 Å². The smallest absolute Gasteiger partial charge is 0.324 e. The van der Waals surface area contributed by atoms with Crippen LogP contribution in [0.3, 0.4) is 0 Å². The zero-order valence-electron chi connectivity index (χ0n) is 16.6. The van der Waals surface area contributed by atoms with Crippen molar-refractivity contribution in [3.05, 3.63) is 29.8 Å². The summed E-state index contributed by atoms with van der Waals surface area (Å²) in [7, 11) is 0. The van der Waals surface area contributed by atoms with Crippen molar-refractivity contribution in [2.45, 2.75) is 44.2 Å². The van der Waals surface area contributed by atoms with Gasteiger partial charge in [0.1, 0.15) is 0 Å². The van der Waals surface area contributed by atoms with Gasteiger partial charge in [-0.15, -0.1) is 0 Å². The Labute approximate surface area is 162 Å². The van der Waals surface area contributed by atoms with E-state index in [0.717, 1.165) is 57.9 Å². The SMILES string of the molecule is CC(C)(CCN1CCOCC1)c1ccc(N2C[C@@H]3[C@H](N)CCN3C2=O)cc1. The van der Waals surface area contributed by atoms with Gasteiger partial charge in [0, 0.05) is 37.9 Å². The van der Waals surface area contributed by atoms with Crippen molar-refractivity contribution in [3.8, 4) is 0 Å². The molecule has 0 aliphatic carbocycles. The van der Waals surface area contributed by atoms with E-state index in [9.17, 15) is 4.79 Å². The predicted octanol–water partition coefficient (Wildman–Crippen LogP) is 2.03. The summed E-state index contributed by atoms with van der Waals surface area (Å²) in [6, 6.07) is 8.94. The van der Waals surface area contributed by atoms with Gasteiger partial charge in [0.15, 0.2) is 0 Å². The van der Waals surface area contributed by atoms with Gasteiger partial charge in [-0.25, -0.2) is 4.79 Å². The summed E-state index contributed by atoms with van der Waals surface area (Å²) >= 11 is 0. The molecule has 2 amide bonds. The zero-order valence-corrected chi connectivity index (χ0v) is 16.6. The first kappa shape index (κ1) is 18.7. The molecule has 3 saturated heterocycles. The van der Waals surface area contributed by atoms with Crippen LogP contribution in [0.25, 0.3) is 0 Å². The minimum Gasteiger partial charge on any atom is -0.379 e. The highest BCUT2D eigenvalue weighted by Gasteiger charge is 2.44. The van der Waals surface area contributed by atoms with Gasteiger partial charge in [0.05, 0.1) is 19.3 Å². The third kappa shape index (κ3) is 3.71. The van der Waals surface area contributed by atoms with Gasteiger partial charge in [-0.1, -0.05) is 26.0 Å². The van der Waals surface area contributed by atoms with Crippen molar-refractivity contribution in [1.82, 2.24) is 9.80 Å². The fourth-order valence-corrected chi connectivity index (χ4v) is 4.48. The summed E-state index contributed by atoms with van der Waals surface area (Å²) in [6.45, 7) is 11.0. The van der Waals surface area contributed by atoms with E-state index in [-0.39, 0.29) is 23.5 Å². The number of benzene rings is 1. The molecule has 0 saturated carbocycles. The van der Waals surface area contributed by atoms with Crippen LogP contribution in [0, 0.1) is 0 Å². The maximum Gasteiger partial charge on any atom is 0.324 e. The van der Waals surface area contributed by atoms with Crippen molar-refractivity contribution in [2.24, 2.45) is 5.73 Å². The van der Waals surface area contributed by atoms with Crippen LogP contribution >= 0.6 is 0 Å². The molecule has 2 N–H and O–H groups in total. The molecule has 0 aromatic heterocycles. The Kier molecular flexibility index (Phi) is 5.14. The Morgan fingerprint density at radius 3 is 2.52 bits per heavy atom. The number of fused-ring (bicyclic) bond motifs is 1. The average molecular weight is 373 g/mol. The molecule has 27 heavy (non-hydrogen) atoms. The van der Waals surface area contributed by atoms with Gasteiger partial charge in [0.2, 0.25) is 0 Å². The lowest BCUT2D eigenvalue weighted by Gasteiger charge is -2.32. The van der Waals surface area contributed by atoms with Crippen LogP contribution in [0.5, 0.6) is 0 Å². The lowest BCUT2D eigenvalue weighted by molar-refractivity contribution is 0.0350. The lowest BCUT2D eigenvalue weighted by atomic mass is 9.81. The molecule has 6 heteroatoms. The largest absolute Gasteiger partial charge is 0.379 e. The van der Waals surface area contributed by atoms with E-state index in [1.165, 1.54) is 5.56 Å². The fraction of sp³-hybridized carbons (Fsp3) is 0.667. The highest BCUT2D eigenvalue weighted by atomic mass is 16.5. The molecule has 3 aliphatic heterocycles. The van der Waals surface area contributed by atoms with Crippen molar-refractivity contribution in [1.29, 1.82) is 0 Å². The first-order valence-corrected chi connectivity index (χ1v) is 10.2. The quantitative estimate of drug-likeness (QED) is 0.859. The van der Waals surface area contributed by atoms with E-state index in [0.29, 0.717) is 6.54 Å². The van der Waals surface area contributed by atoms with E-state index in [1.54, 1.807) is 0 Å². The normalized spacial score (nSPS) is 26.7. The Bertz CT molecular complexity index is 669. The minimum atomic E-state index is 0.104. The van der Waals surface area contributed by atoms with Crippen LogP contribution in [0.4, 0.5) is 10.5 Å². The molecule has 148 valence electrons. The highest BCUT2D eigenvalue weighted by molar-refractivity contribution is 5.95. The molecule has 2 atom stereocenters. The summed E-state index contributed by atoms with van der Waals surface area (Å²) in [5.74, 6) is 0. The number of ether oxygens (including phenoxy) is 1. The first-order valence-electron chi connectivity index (χ1n) is 10.2. The van der Waals surface area contributed by atoms with Crippen molar-refractivity contribution >= 4 is 11.7 Å². The molecule has 0 spiro atoms. The van der Waals surface area contributed by atoms with E-state index in [1.807, 2.05) is 9.80 Å². The highest BCUT2D eigenvalue weighted by Crippen LogP contribution is 2.32. The summed E-state index contributed by atoms with van der Waals surface area (Å²) < 4.78 is 5.44. The standard InChI is InChI=1S/C21H32N4O2/c1-21(2,8-10-23-11-13-27-14-12-23)16-3-5-17(6-4-16)25-15-19-18(22)7-9-24(19)20(25)26/h3-6,18-19H,7-15,22H2,1-2H3/t18-,19-/m1/s1. The summed E-state index contributed by atoms with van der Waals surface area (Å²) in [6.07, 6.45) is 2.03. The van der Waals surface area contributed by atoms with Crippen LogP contribution in [0.2, 0.25) is 0 Å². The molecular weight excluding hydrogens is 340 g/mol. The van der Waals surface area contributed by atoms with Gasteiger partial charge >= 0.3 is 6.03 Å². The number of hydrogen-bond acceptors (Lipinski definition) is 4. The molecule has 4 rings (SSSR count). The molecule has 0 unspecified atom stereocenters. The van der Waals surface area contributed by atoms with Crippen molar-refractivity contribution in [3.63, 3.8) is 0 Å². The number of morpholine rings is 1. The van der Waals surface area contributed by atoms with E-state index >= 15 is 0 Å². The second-order valence-corrected chi connectivity index (χ2v) is 8.74. The number of rotatable bonds is 5. The number of hydrogen-bond donors (Lipinski definition) is 1. The molecule has 6 nitrogen and oxygen atoms in total. The number of urea groups is 1. The van der Waals surface area contributed by atoms with Crippen molar-refractivity contribution in [2.75, 3.05) is 50.8 Å². The van der Waals surface area contributed by atoms with E-state index < -0.39 is 0 Å². The number of amides is 2. The molecule has 3 fully saturated rings. The molecule has 0 bridgehead atoms. The van der Waals surface area contributed by atoms with Gasteiger partial charge < -0.3 is 15.4 Å². The number of anilines is 1. The topological polar surface area (TPSA) is 62.0 Å².